The molecule has 0 saturated carbocycles. The van der Waals surface area contributed by atoms with Crippen molar-refractivity contribution in [1.82, 2.24) is 0 Å². The summed E-state index contributed by atoms with van der Waals surface area (Å²) in [6.45, 7) is 1.97. The average Bonchev–Trinajstić information content (AvgIpc) is 2.56. The highest BCUT2D eigenvalue weighted by Crippen LogP contribution is 2.52. The fraction of sp³-hybridized carbons (Fsp3) is 0.316. The highest BCUT2D eigenvalue weighted by Gasteiger charge is 2.38. The van der Waals surface area contributed by atoms with Gasteiger partial charge in [0.15, 0.2) is 0 Å². The minimum absolute atomic E-state index is 0.0523. The lowest BCUT2D eigenvalue weighted by molar-refractivity contribution is -0.136. The summed E-state index contributed by atoms with van der Waals surface area (Å²) in [5.41, 5.74) is 0.427. The molecule has 0 aromatic heterocycles. The molecule has 0 fully saturated rings. The van der Waals surface area contributed by atoms with Crippen molar-refractivity contribution in [3.63, 3.8) is 0 Å². The van der Waals surface area contributed by atoms with Crippen LogP contribution in [0, 0.1) is 0 Å². The monoisotopic (exact) mass is 346 g/mol. The molecule has 0 radical (unpaired) electrons. The summed E-state index contributed by atoms with van der Waals surface area (Å²) in [7, 11) is -3.87. The zero-order valence-corrected chi connectivity index (χ0v) is 14.6. The van der Waals surface area contributed by atoms with Gasteiger partial charge in [0.05, 0.1) is 6.16 Å². The van der Waals surface area contributed by atoms with Crippen molar-refractivity contribution in [2.45, 2.75) is 37.5 Å². The van der Waals surface area contributed by atoms with Crippen molar-refractivity contribution in [2.24, 2.45) is 0 Å². The van der Waals surface area contributed by atoms with E-state index in [1.165, 1.54) is 0 Å². The van der Waals surface area contributed by atoms with E-state index in [4.69, 9.17) is 0 Å². The molecule has 3 unspecified atom stereocenters. The fourth-order valence-corrected chi connectivity index (χ4v) is 4.81. The van der Waals surface area contributed by atoms with Crippen LogP contribution < -0.4 is 0 Å². The van der Waals surface area contributed by atoms with E-state index in [-0.39, 0.29) is 18.5 Å². The first-order valence-electron chi connectivity index (χ1n) is 8.07. The van der Waals surface area contributed by atoms with Crippen molar-refractivity contribution >= 4 is 13.3 Å². The highest BCUT2D eigenvalue weighted by molar-refractivity contribution is 7.59. The predicted octanol–water partition coefficient (Wildman–Crippen LogP) is 4.49. The van der Waals surface area contributed by atoms with Gasteiger partial charge in [-0.1, -0.05) is 67.6 Å². The second-order valence-electron chi connectivity index (χ2n) is 6.00. The Balaban J connectivity index is 2.21. The Morgan fingerprint density at radius 2 is 1.58 bits per heavy atom. The molecule has 128 valence electrons. The van der Waals surface area contributed by atoms with Gasteiger partial charge in [-0.2, -0.15) is 0 Å². The van der Waals surface area contributed by atoms with Gasteiger partial charge in [0, 0.05) is 0 Å². The van der Waals surface area contributed by atoms with Gasteiger partial charge >= 0.3 is 5.97 Å². The smallest absolute Gasteiger partial charge is 0.316 e. The van der Waals surface area contributed by atoms with E-state index in [0.717, 1.165) is 12.0 Å². The minimum atomic E-state index is -3.87. The molecule has 3 atom stereocenters. The normalized spacial score (nSPS) is 16.1. The Morgan fingerprint density at radius 1 is 1.04 bits per heavy atom. The third-order valence-electron chi connectivity index (χ3n) is 4.30. The second kappa shape index (κ2) is 8.27. The second-order valence-corrected chi connectivity index (χ2v) is 8.46. The molecule has 2 rings (SSSR count). The van der Waals surface area contributed by atoms with Crippen molar-refractivity contribution in [2.75, 3.05) is 0 Å². The van der Waals surface area contributed by atoms with Crippen LogP contribution in [0.4, 0.5) is 0 Å². The van der Waals surface area contributed by atoms with E-state index in [1.807, 2.05) is 43.3 Å². The van der Waals surface area contributed by atoms with E-state index in [9.17, 15) is 19.4 Å². The first kappa shape index (κ1) is 18.4. The number of carboxylic acid groups (broad SMARTS) is 1. The summed E-state index contributed by atoms with van der Waals surface area (Å²) < 4.78 is 12.8. The first-order chi connectivity index (χ1) is 11.4. The van der Waals surface area contributed by atoms with Gasteiger partial charge in [0.25, 0.3) is 0 Å². The lowest BCUT2D eigenvalue weighted by Gasteiger charge is -2.24. The molecule has 0 aliphatic heterocycles. The van der Waals surface area contributed by atoms with Crippen LogP contribution in [-0.2, 0) is 15.5 Å². The van der Waals surface area contributed by atoms with Gasteiger partial charge < -0.3 is 10.00 Å². The number of carbonyl (C=O) groups is 1. The molecule has 0 amide bonds. The molecule has 24 heavy (non-hydrogen) atoms. The zero-order chi connectivity index (χ0) is 17.6. The minimum Gasteiger partial charge on any atom is -0.481 e. The lowest BCUT2D eigenvalue weighted by Crippen LogP contribution is -2.24. The largest absolute Gasteiger partial charge is 0.481 e. The Labute approximate surface area is 142 Å². The summed E-state index contributed by atoms with van der Waals surface area (Å²) in [6, 6.07) is 18.5. The molecular formula is C19H23O4P. The van der Waals surface area contributed by atoms with Gasteiger partial charge in [0.2, 0.25) is 7.37 Å². The van der Waals surface area contributed by atoms with Gasteiger partial charge in [-0.3, -0.25) is 9.36 Å². The van der Waals surface area contributed by atoms with Crippen molar-refractivity contribution < 1.29 is 19.4 Å². The maximum atomic E-state index is 12.8. The van der Waals surface area contributed by atoms with E-state index in [0.29, 0.717) is 5.56 Å². The molecule has 0 spiro atoms. The number of hydrogen-bond donors (Lipinski definition) is 2. The van der Waals surface area contributed by atoms with Gasteiger partial charge in [0.1, 0.15) is 5.66 Å². The van der Waals surface area contributed by atoms with Crippen LogP contribution >= 0.6 is 7.37 Å². The molecule has 5 heteroatoms. The SMILES string of the molecule is CCC(CC(C(=O)O)P(=O)(O)Cc1ccccc1)c1ccccc1. The Morgan fingerprint density at radius 3 is 2.08 bits per heavy atom. The van der Waals surface area contributed by atoms with E-state index >= 15 is 0 Å². The first-order valence-corrected chi connectivity index (χ1v) is 9.98. The standard InChI is InChI=1S/C19H23O4P/c1-2-16(17-11-7-4-8-12-17)13-18(19(20)21)24(22,23)14-15-9-5-3-6-10-15/h3-12,16,18H,2,13-14H2,1H3,(H,20,21)(H,22,23). The van der Waals surface area contributed by atoms with Crippen LogP contribution in [0.2, 0.25) is 0 Å². The zero-order valence-electron chi connectivity index (χ0n) is 13.7. The van der Waals surface area contributed by atoms with Gasteiger partial charge in [-0.25, -0.2) is 0 Å². The number of aliphatic carboxylic acids is 1. The van der Waals surface area contributed by atoms with E-state index < -0.39 is 19.0 Å². The number of benzene rings is 2. The van der Waals surface area contributed by atoms with Gasteiger partial charge in [-0.05, 0) is 29.9 Å². The molecule has 0 aliphatic rings. The fourth-order valence-electron chi connectivity index (χ4n) is 2.93. The molecule has 2 aromatic rings. The summed E-state index contributed by atoms with van der Waals surface area (Å²) in [6.07, 6.45) is 0.769. The number of carboxylic acids is 1. The summed E-state index contributed by atoms with van der Waals surface area (Å²) in [5, 5.41) is 9.55. The molecule has 2 N–H and O–H groups in total. The number of hydrogen-bond acceptors (Lipinski definition) is 2. The number of rotatable bonds is 8. The Kier molecular flexibility index (Phi) is 6.36. The average molecular weight is 346 g/mol. The van der Waals surface area contributed by atoms with E-state index in [2.05, 4.69) is 0 Å². The molecular weight excluding hydrogens is 323 g/mol. The summed E-state index contributed by atoms with van der Waals surface area (Å²) >= 11 is 0. The van der Waals surface area contributed by atoms with Gasteiger partial charge in [-0.15, -0.1) is 0 Å². The quantitative estimate of drug-likeness (QED) is 0.691. The van der Waals surface area contributed by atoms with Crippen LogP contribution in [0.5, 0.6) is 0 Å². The lowest BCUT2D eigenvalue weighted by atomic mass is 9.92. The molecule has 2 aromatic carbocycles. The molecule has 0 aliphatic carbocycles. The van der Waals surface area contributed by atoms with Crippen molar-refractivity contribution in [1.29, 1.82) is 0 Å². The molecule has 0 saturated heterocycles. The maximum absolute atomic E-state index is 12.8. The predicted molar refractivity (Wildman–Crippen MR) is 95.5 cm³/mol. The van der Waals surface area contributed by atoms with Crippen LogP contribution in [0.1, 0.15) is 36.8 Å². The van der Waals surface area contributed by atoms with Crippen LogP contribution in [0.25, 0.3) is 0 Å². The third kappa shape index (κ3) is 4.80. The van der Waals surface area contributed by atoms with Crippen molar-refractivity contribution in [3.8, 4) is 0 Å². The van der Waals surface area contributed by atoms with Crippen molar-refractivity contribution in [3.05, 3.63) is 71.8 Å². The van der Waals surface area contributed by atoms with E-state index in [1.54, 1.807) is 24.3 Å². The highest BCUT2D eigenvalue weighted by atomic mass is 31.2. The van der Waals surface area contributed by atoms with Crippen LogP contribution in [-0.4, -0.2) is 21.6 Å². The van der Waals surface area contributed by atoms with Crippen LogP contribution in [0.3, 0.4) is 0 Å². The third-order valence-corrected chi connectivity index (χ3v) is 6.52. The van der Waals surface area contributed by atoms with Crippen LogP contribution in [0.15, 0.2) is 60.7 Å². The summed E-state index contributed by atoms with van der Waals surface area (Å²) in [4.78, 5) is 22.2. The molecule has 0 heterocycles. The Bertz CT molecular complexity index is 700. The molecule has 0 bridgehead atoms. The Hall–Kier alpha value is -1.90. The molecule has 4 nitrogen and oxygen atoms in total. The summed E-state index contributed by atoms with van der Waals surface area (Å²) in [5.74, 6) is -1.25. The maximum Gasteiger partial charge on any atom is 0.316 e. The topological polar surface area (TPSA) is 74.6 Å².